The summed E-state index contributed by atoms with van der Waals surface area (Å²) in [6.07, 6.45) is 7.50. The van der Waals surface area contributed by atoms with Crippen molar-refractivity contribution >= 4 is 76.0 Å². The minimum atomic E-state index is 0.787. The Hall–Kier alpha value is -9.54. The lowest BCUT2D eigenvalue weighted by Crippen LogP contribution is -2.11. The highest BCUT2D eigenvalue weighted by Gasteiger charge is 2.14. The van der Waals surface area contributed by atoms with Crippen LogP contribution in [0, 0.1) is 0 Å². The summed E-state index contributed by atoms with van der Waals surface area (Å²) < 4.78 is 5.52. The molecule has 0 aliphatic heterocycles. The molecule has 71 heavy (non-hydrogen) atoms. The first kappa shape index (κ1) is 46.6. The zero-order valence-electron chi connectivity index (χ0n) is 39.8. The van der Waals surface area contributed by atoms with E-state index in [4.69, 9.17) is 14.9 Å². The summed E-state index contributed by atoms with van der Waals surface area (Å²) in [5.41, 5.74) is 12.6. The van der Waals surface area contributed by atoms with Gasteiger partial charge >= 0.3 is 0 Å². The molecule has 10 heteroatoms. The monoisotopic (exact) mass is 927 g/mol. The number of nitrogens with zero attached hydrogens (tertiary/aromatic N) is 9. The average molecular weight is 928 g/mol. The molecule has 9 aromatic rings. The van der Waals surface area contributed by atoms with Crippen molar-refractivity contribution in [2.75, 3.05) is 46.1 Å². The fourth-order valence-corrected chi connectivity index (χ4v) is 7.68. The Balaban J connectivity index is 0.933. The fourth-order valence-electron chi connectivity index (χ4n) is 7.68. The normalized spacial score (nSPS) is 11.4. The lowest BCUT2D eigenvalue weighted by molar-refractivity contribution is 0.415. The SMILES string of the molecule is COc1ccc(N(c2ccc(/C=N/N(c3ccccc3)c3ccc(/C=N/N(C)c4ccccc4)cc3)cc2)c2ccc(/C=N/N(c3ccccc3)c3ccc(/C=N/N(C)c4ccccc4)cc3)cc2)cc1. The molecule has 0 radical (unpaired) electrons. The van der Waals surface area contributed by atoms with Crippen molar-refractivity contribution in [1.82, 2.24) is 0 Å². The Labute approximate surface area is 416 Å². The van der Waals surface area contributed by atoms with Gasteiger partial charge in [0.15, 0.2) is 0 Å². The van der Waals surface area contributed by atoms with E-state index >= 15 is 0 Å². The van der Waals surface area contributed by atoms with Gasteiger partial charge in [0.2, 0.25) is 0 Å². The number of hydrogen-bond donors (Lipinski definition) is 0. The van der Waals surface area contributed by atoms with Crippen LogP contribution in [0.2, 0.25) is 0 Å². The summed E-state index contributed by atoms with van der Waals surface area (Å²) in [6.45, 7) is 0. The van der Waals surface area contributed by atoms with Gasteiger partial charge in [0.1, 0.15) is 5.75 Å². The molecular weight excluding hydrogens is 875 g/mol. The van der Waals surface area contributed by atoms with Crippen molar-refractivity contribution in [3.63, 3.8) is 0 Å². The van der Waals surface area contributed by atoms with Crippen molar-refractivity contribution in [3.8, 4) is 5.75 Å². The Morgan fingerprint density at radius 2 is 0.535 bits per heavy atom. The number of para-hydroxylation sites is 4. The predicted octanol–water partition coefficient (Wildman–Crippen LogP) is 14.4. The van der Waals surface area contributed by atoms with Gasteiger partial charge in [0, 0.05) is 31.2 Å². The van der Waals surface area contributed by atoms with Crippen LogP contribution >= 0.6 is 0 Å². The topological polar surface area (TPSA) is 74.9 Å². The van der Waals surface area contributed by atoms with E-state index in [1.165, 1.54) is 0 Å². The Kier molecular flexibility index (Phi) is 15.1. The van der Waals surface area contributed by atoms with E-state index in [0.717, 1.165) is 79.2 Å². The first-order valence-electron chi connectivity index (χ1n) is 23.3. The molecule has 348 valence electrons. The fraction of sp³-hybridized carbons (Fsp3) is 0.0492. The van der Waals surface area contributed by atoms with Crippen molar-refractivity contribution in [2.24, 2.45) is 20.4 Å². The summed E-state index contributed by atoms with van der Waals surface area (Å²) >= 11 is 0. The van der Waals surface area contributed by atoms with Crippen LogP contribution < -0.4 is 29.7 Å². The molecule has 0 heterocycles. The number of rotatable bonds is 18. The van der Waals surface area contributed by atoms with E-state index < -0.39 is 0 Å². The highest BCUT2D eigenvalue weighted by Crippen LogP contribution is 2.36. The molecule has 0 fully saturated rings. The molecule has 0 atom stereocenters. The van der Waals surface area contributed by atoms with Crippen molar-refractivity contribution in [2.45, 2.75) is 0 Å². The number of ether oxygens (including phenoxy) is 1. The van der Waals surface area contributed by atoms with E-state index in [0.29, 0.717) is 0 Å². The molecule has 0 spiro atoms. The van der Waals surface area contributed by atoms with Gasteiger partial charge in [-0.2, -0.15) is 20.4 Å². The Morgan fingerprint density at radius 1 is 0.282 bits per heavy atom. The lowest BCUT2D eigenvalue weighted by atomic mass is 10.1. The molecule has 0 aliphatic rings. The quantitative estimate of drug-likeness (QED) is 0.0630. The molecule has 0 unspecified atom stereocenters. The second-order valence-electron chi connectivity index (χ2n) is 16.4. The number of hydrogen-bond acceptors (Lipinski definition) is 10. The minimum Gasteiger partial charge on any atom is -0.497 e. The van der Waals surface area contributed by atoms with Gasteiger partial charge in [0.05, 0.1) is 66.1 Å². The van der Waals surface area contributed by atoms with E-state index in [2.05, 4.69) is 149 Å². The van der Waals surface area contributed by atoms with Crippen LogP contribution in [0.25, 0.3) is 0 Å². The Bertz CT molecular complexity index is 2970. The summed E-state index contributed by atoms with van der Waals surface area (Å²) in [6, 6.07) is 81.8. The molecule has 0 saturated carbocycles. The smallest absolute Gasteiger partial charge is 0.119 e. The maximum Gasteiger partial charge on any atom is 0.119 e. The van der Waals surface area contributed by atoms with Crippen molar-refractivity contribution < 1.29 is 4.74 Å². The van der Waals surface area contributed by atoms with Gasteiger partial charge < -0.3 is 9.64 Å². The van der Waals surface area contributed by atoms with Crippen molar-refractivity contribution in [1.29, 1.82) is 0 Å². The van der Waals surface area contributed by atoms with Crippen LogP contribution in [0.3, 0.4) is 0 Å². The summed E-state index contributed by atoms with van der Waals surface area (Å²) in [5.74, 6) is 0.787. The molecule has 0 aliphatic carbocycles. The van der Waals surface area contributed by atoms with Crippen molar-refractivity contribution in [3.05, 3.63) is 265 Å². The number of anilines is 9. The standard InChI is InChI=1S/C61H53N9O/c1-66(52-16-8-4-9-17-52)62-44-48-28-36-59(37-29-48)69(57-20-12-6-13-21-57)64-46-50-24-32-54(33-25-50)68(56-40-42-61(71-3)43-41-56)55-34-26-51(27-35-55)47-65-70(58-22-14-7-15-23-58)60-38-30-49(31-39-60)45-63-67(2)53-18-10-5-11-19-53/h4-47H,1-3H3/b62-44+,63-45+,64-46+,65-47+. The van der Waals surface area contributed by atoms with Gasteiger partial charge in [0.25, 0.3) is 0 Å². The minimum absolute atomic E-state index is 0.787. The zero-order valence-corrected chi connectivity index (χ0v) is 39.8. The van der Waals surface area contributed by atoms with Gasteiger partial charge in [-0.3, -0.25) is 10.0 Å². The molecular formula is C61H53N9O. The number of benzene rings is 9. The van der Waals surface area contributed by atoms with Crippen LogP contribution in [0.4, 0.5) is 51.2 Å². The highest BCUT2D eigenvalue weighted by molar-refractivity contribution is 5.87. The third-order valence-electron chi connectivity index (χ3n) is 11.6. The maximum atomic E-state index is 5.52. The summed E-state index contributed by atoms with van der Waals surface area (Å²) in [4.78, 5) is 2.22. The second-order valence-corrected chi connectivity index (χ2v) is 16.4. The van der Waals surface area contributed by atoms with Gasteiger partial charge in [-0.15, -0.1) is 0 Å². The number of hydrazone groups is 4. The lowest BCUT2D eigenvalue weighted by Gasteiger charge is -2.26. The molecule has 9 aromatic carbocycles. The van der Waals surface area contributed by atoms with Crippen LogP contribution in [0.5, 0.6) is 5.75 Å². The molecule has 0 bridgehead atoms. The molecule has 0 amide bonds. The van der Waals surface area contributed by atoms with E-state index in [1.54, 1.807) is 7.11 Å². The first-order valence-corrected chi connectivity index (χ1v) is 23.3. The second kappa shape index (κ2) is 23.0. The average Bonchev–Trinajstić information content (AvgIpc) is 3.44. The molecule has 9 rings (SSSR count). The third kappa shape index (κ3) is 12.1. The highest BCUT2D eigenvalue weighted by atomic mass is 16.5. The largest absolute Gasteiger partial charge is 0.497 e. The summed E-state index contributed by atoms with van der Waals surface area (Å²) in [5, 5.41) is 26.9. The van der Waals surface area contributed by atoms with Crippen LogP contribution in [-0.4, -0.2) is 46.1 Å². The zero-order chi connectivity index (χ0) is 48.6. The van der Waals surface area contributed by atoms with Gasteiger partial charge in [-0.25, -0.2) is 10.0 Å². The Morgan fingerprint density at radius 3 is 0.845 bits per heavy atom. The first-order chi connectivity index (χ1) is 35.0. The maximum absolute atomic E-state index is 5.52. The van der Waals surface area contributed by atoms with E-state index in [-0.39, 0.29) is 0 Å². The van der Waals surface area contributed by atoms with E-state index in [1.807, 2.05) is 168 Å². The summed E-state index contributed by atoms with van der Waals surface area (Å²) in [7, 11) is 5.56. The molecule has 0 N–H and O–H groups in total. The van der Waals surface area contributed by atoms with Crippen LogP contribution in [-0.2, 0) is 0 Å². The molecule has 10 nitrogen and oxygen atoms in total. The van der Waals surface area contributed by atoms with Crippen LogP contribution in [0.15, 0.2) is 263 Å². The number of methoxy groups -OCH3 is 1. The van der Waals surface area contributed by atoms with Crippen LogP contribution in [0.1, 0.15) is 22.3 Å². The predicted molar refractivity (Wildman–Crippen MR) is 298 cm³/mol. The molecule has 0 aromatic heterocycles. The third-order valence-corrected chi connectivity index (χ3v) is 11.6. The molecule has 0 saturated heterocycles. The van der Waals surface area contributed by atoms with Gasteiger partial charge in [-0.05, 0) is 144 Å². The van der Waals surface area contributed by atoms with E-state index in [9.17, 15) is 0 Å². The van der Waals surface area contributed by atoms with Gasteiger partial charge in [-0.1, -0.05) is 121 Å².